The Kier molecular flexibility index (Phi) is 6.37. The quantitative estimate of drug-likeness (QED) is 0.748. The number of piperazine rings is 1. The molecule has 1 aromatic heterocycles. The zero-order valence-electron chi connectivity index (χ0n) is 18.2. The van der Waals surface area contributed by atoms with E-state index in [1.165, 1.54) is 0 Å². The predicted molar refractivity (Wildman–Crippen MR) is 114 cm³/mol. The van der Waals surface area contributed by atoms with Crippen molar-refractivity contribution in [1.82, 2.24) is 19.9 Å². The average molecular weight is 413 g/mol. The molecule has 0 bridgehead atoms. The number of amides is 1. The summed E-state index contributed by atoms with van der Waals surface area (Å²) in [6, 6.07) is 8.32. The van der Waals surface area contributed by atoms with Gasteiger partial charge in [-0.1, -0.05) is 5.16 Å². The highest BCUT2D eigenvalue weighted by molar-refractivity contribution is 5.79. The molecule has 1 saturated heterocycles. The monoisotopic (exact) mass is 412 g/mol. The Bertz CT molecular complexity index is 832. The lowest BCUT2D eigenvalue weighted by atomic mass is 9.86. The number of aryl methyl sites for hydroxylation is 1. The first-order valence-corrected chi connectivity index (χ1v) is 11.1. The van der Waals surface area contributed by atoms with Crippen LogP contribution in [0.3, 0.4) is 0 Å². The van der Waals surface area contributed by atoms with Gasteiger partial charge in [0.1, 0.15) is 5.75 Å². The van der Waals surface area contributed by atoms with Gasteiger partial charge in [0.2, 0.25) is 5.91 Å². The Hall–Kier alpha value is -2.41. The third-order valence-corrected chi connectivity index (χ3v) is 6.31. The topological polar surface area (TPSA) is 71.7 Å². The maximum absolute atomic E-state index is 12.9. The van der Waals surface area contributed by atoms with Crippen LogP contribution in [0.2, 0.25) is 0 Å². The molecule has 30 heavy (non-hydrogen) atoms. The van der Waals surface area contributed by atoms with Gasteiger partial charge in [0.25, 0.3) is 5.89 Å². The molecule has 2 aromatic rings. The van der Waals surface area contributed by atoms with Gasteiger partial charge < -0.3 is 14.2 Å². The van der Waals surface area contributed by atoms with Crippen molar-refractivity contribution in [2.24, 2.45) is 5.92 Å². The predicted octanol–water partition coefficient (Wildman–Crippen LogP) is 3.54. The van der Waals surface area contributed by atoms with Gasteiger partial charge in [0.05, 0.1) is 6.10 Å². The Morgan fingerprint density at radius 3 is 2.30 bits per heavy atom. The van der Waals surface area contributed by atoms with Crippen LogP contribution in [0.25, 0.3) is 11.5 Å². The summed E-state index contributed by atoms with van der Waals surface area (Å²) < 4.78 is 11.4. The third kappa shape index (κ3) is 4.83. The lowest BCUT2D eigenvalue weighted by molar-refractivity contribution is -0.139. The van der Waals surface area contributed by atoms with Gasteiger partial charge in [-0.3, -0.25) is 9.69 Å². The van der Waals surface area contributed by atoms with E-state index in [2.05, 4.69) is 33.8 Å². The van der Waals surface area contributed by atoms with Gasteiger partial charge in [0.15, 0.2) is 5.82 Å². The van der Waals surface area contributed by atoms with Gasteiger partial charge in [-0.25, -0.2) is 0 Å². The minimum absolute atomic E-state index is 0.151. The fourth-order valence-corrected chi connectivity index (χ4v) is 4.43. The molecule has 0 spiro atoms. The first kappa shape index (κ1) is 20.8. The summed E-state index contributed by atoms with van der Waals surface area (Å²) in [5, 5.41) is 3.82. The molecule has 0 atom stereocenters. The summed E-state index contributed by atoms with van der Waals surface area (Å²) in [6.45, 7) is 9.94. The van der Waals surface area contributed by atoms with Crippen LogP contribution in [0, 0.1) is 12.8 Å². The highest BCUT2D eigenvalue weighted by atomic mass is 16.5. The standard InChI is InChI=1S/C23H32N4O3/c1-16(2)26-12-14-27(15-13-26)23(28)19-6-10-21(11-7-19)29-20-8-4-18(5-9-20)22-24-17(3)25-30-22/h4-5,8-9,16,19,21H,6-7,10-15H2,1-3H3. The maximum Gasteiger partial charge on any atom is 0.257 e. The molecule has 2 heterocycles. The number of aromatic nitrogens is 2. The third-order valence-electron chi connectivity index (χ3n) is 6.31. The van der Waals surface area contributed by atoms with E-state index in [-0.39, 0.29) is 12.0 Å². The Labute approximate surface area is 178 Å². The second-order valence-corrected chi connectivity index (χ2v) is 8.72. The second-order valence-electron chi connectivity index (χ2n) is 8.72. The van der Waals surface area contributed by atoms with E-state index in [4.69, 9.17) is 9.26 Å². The maximum atomic E-state index is 12.9. The van der Waals surface area contributed by atoms with Crippen molar-refractivity contribution < 1.29 is 14.1 Å². The zero-order chi connectivity index (χ0) is 21.1. The molecule has 2 aliphatic rings. The number of nitrogens with zero attached hydrogens (tertiary/aromatic N) is 4. The van der Waals surface area contributed by atoms with E-state index < -0.39 is 0 Å². The highest BCUT2D eigenvalue weighted by Gasteiger charge is 2.32. The molecule has 0 N–H and O–H groups in total. The molecule has 1 aliphatic carbocycles. The summed E-state index contributed by atoms with van der Waals surface area (Å²) in [4.78, 5) is 21.7. The van der Waals surface area contributed by atoms with Crippen molar-refractivity contribution in [2.45, 2.75) is 58.6 Å². The van der Waals surface area contributed by atoms with Gasteiger partial charge in [-0.15, -0.1) is 0 Å². The first-order valence-electron chi connectivity index (χ1n) is 11.1. The van der Waals surface area contributed by atoms with Crippen molar-refractivity contribution in [2.75, 3.05) is 26.2 Å². The minimum Gasteiger partial charge on any atom is -0.490 e. The summed E-state index contributed by atoms with van der Waals surface area (Å²) >= 11 is 0. The van der Waals surface area contributed by atoms with Crippen LogP contribution >= 0.6 is 0 Å². The van der Waals surface area contributed by atoms with Crippen LogP contribution in [0.1, 0.15) is 45.4 Å². The van der Waals surface area contributed by atoms with E-state index in [1.54, 1.807) is 6.92 Å². The van der Waals surface area contributed by atoms with Crippen LogP contribution < -0.4 is 4.74 Å². The fraction of sp³-hybridized carbons (Fsp3) is 0.609. The number of hydrogen-bond donors (Lipinski definition) is 0. The Morgan fingerprint density at radius 1 is 1.07 bits per heavy atom. The molecule has 0 unspecified atom stereocenters. The average Bonchev–Trinajstić information content (AvgIpc) is 3.21. The molecule has 0 radical (unpaired) electrons. The van der Waals surface area contributed by atoms with E-state index >= 15 is 0 Å². The van der Waals surface area contributed by atoms with Gasteiger partial charge in [0, 0.05) is 43.7 Å². The lowest BCUT2D eigenvalue weighted by Crippen LogP contribution is -2.52. The number of carbonyl (C=O) groups excluding carboxylic acids is 1. The number of rotatable bonds is 5. The molecule has 4 rings (SSSR count). The van der Waals surface area contributed by atoms with Crippen molar-refractivity contribution in [3.63, 3.8) is 0 Å². The molecule has 2 fully saturated rings. The van der Waals surface area contributed by atoms with E-state index in [0.29, 0.717) is 23.7 Å². The van der Waals surface area contributed by atoms with E-state index in [1.807, 2.05) is 24.3 Å². The molecule has 1 saturated carbocycles. The van der Waals surface area contributed by atoms with Crippen LogP contribution in [0.15, 0.2) is 28.8 Å². The molecule has 1 amide bonds. The van der Waals surface area contributed by atoms with Crippen LogP contribution in [0.4, 0.5) is 0 Å². The second kappa shape index (κ2) is 9.16. The van der Waals surface area contributed by atoms with Crippen LogP contribution in [-0.4, -0.2) is 64.2 Å². The van der Waals surface area contributed by atoms with Crippen LogP contribution in [0.5, 0.6) is 5.75 Å². The van der Waals surface area contributed by atoms with E-state index in [0.717, 1.165) is 63.2 Å². The summed E-state index contributed by atoms with van der Waals surface area (Å²) in [5.74, 6) is 2.48. The molecule has 7 heteroatoms. The smallest absolute Gasteiger partial charge is 0.257 e. The van der Waals surface area contributed by atoms with Crippen molar-refractivity contribution in [3.05, 3.63) is 30.1 Å². The van der Waals surface area contributed by atoms with Gasteiger partial charge in [-0.2, -0.15) is 4.98 Å². The molecular formula is C23H32N4O3. The lowest BCUT2D eigenvalue weighted by Gasteiger charge is -2.39. The highest BCUT2D eigenvalue weighted by Crippen LogP contribution is 2.30. The minimum atomic E-state index is 0.151. The molecule has 1 aromatic carbocycles. The van der Waals surface area contributed by atoms with Gasteiger partial charge in [-0.05, 0) is 70.7 Å². The fourth-order valence-electron chi connectivity index (χ4n) is 4.43. The van der Waals surface area contributed by atoms with Crippen molar-refractivity contribution in [3.8, 4) is 17.2 Å². The number of ether oxygens (including phenoxy) is 1. The Balaban J connectivity index is 1.24. The largest absolute Gasteiger partial charge is 0.490 e. The van der Waals surface area contributed by atoms with Crippen molar-refractivity contribution >= 4 is 5.91 Å². The molecular weight excluding hydrogens is 380 g/mol. The molecule has 1 aliphatic heterocycles. The molecule has 7 nitrogen and oxygen atoms in total. The van der Waals surface area contributed by atoms with Gasteiger partial charge >= 0.3 is 0 Å². The normalized spacial score (nSPS) is 23.0. The van der Waals surface area contributed by atoms with E-state index in [9.17, 15) is 4.79 Å². The first-order chi connectivity index (χ1) is 14.5. The summed E-state index contributed by atoms with van der Waals surface area (Å²) in [6.07, 6.45) is 3.84. The SMILES string of the molecule is Cc1noc(-c2ccc(OC3CCC(C(=O)N4CCN(C(C)C)CC4)CC3)cc2)n1. The number of carbonyl (C=O) groups is 1. The zero-order valence-corrected chi connectivity index (χ0v) is 18.2. The summed E-state index contributed by atoms with van der Waals surface area (Å²) in [7, 11) is 0. The summed E-state index contributed by atoms with van der Waals surface area (Å²) in [5.41, 5.74) is 0.884. The number of hydrogen-bond acceptors (Lipinski definition) is 6. The van der Waals surface area contributed by atoms with Crippen LogP contribution in [-0.2, 0) is 4.79 Å². The van der Waals surface area contributed by atoms with Crippen molar-refractivity contribution in [1.29, 1.82) is 0 Å². The number of benzene rings is 1. The Morgan fingerprint density at radius 2 is 1.73 bits per heavy atom. The molecule has 162 valence electrons.